The number of ether oxygens (including phenoxy) is 1. The lowest BCUT2D eigenvalue weighted by molar-refractivity contribution is -0.137. The second kappa shape index (κ2) is 5.41. The minimum Gasteiger partial charge on any atom is -0.357 e. The number of hydrogen-bond acceptors (Lipinski definition) is 2. The first-order valence-electron chi connectivity index (χ1n) is 7.36. The Balaban J connectivity index is 1.92. The minimum atomic E-state index is -0.173. The van der Waals surface area contributed by atoms with Crippen molar-refractivity contribution in [2.24, 2.45) is 0 Å². The SMILES string of the molecule is CO[C@H]1C2=C(CCCC2)C(=O)N1[C@H](C)c1ccccc1. The van der Waals surface area contributed by atoms with E-state index in [0.717, 1.165) is 30.4 Å². The fraction of sp³-hybridized carbons (Fsp3) is 0.471. The molecule has 20 heavy (non-hydrogen) atoms. The van der Waals surface area contributed by atoms with Crippen molar-refractivity contribution in [2.45, 2.75) is 44.9 Å². The number of nitrogens with zero attached hydrogens (tertiary/aromatic N) is 1. The maximum Gasteiger partial charge on any atom is 0.252 e. The third-order valence-electron chi connectivity index (χ3n) is 4.48. The van der Waals surface area contributed by atoms with Crippen molar-refractivity contribution in [2.75, 3.05) is 7.11 Å². The van der Waals surface area contributed by atoms with Gasteiger partial charge in [-0.1, -0.05) is 30.3 Å². The van der Waals surface area contributed by atoms with Crippen molar-refractivity contribution < 1.29 is 9.53 Å². The standard InChI is InChI=1S/C17H21NO2/c1-12(13-8-4-3-5-9-13)18-16(19)14-10-6-7-11-15(14)17(18)20-2/h3-5,8-9,12,17H,6-7,10-11H2,1-2H3/t12-,17+/m1/s1. The van der Waals surface area contributed by atoms with Crippen molar-refractivity contribution in [1.82, 2.24) is 4.90 Å². The highest BCUT2D eigenvalue weighted by molar-refractivity contribution is 5.98. The van der Waals surface area contributed by atoms with Crippen molar-refractivity contribution >= 4 is 5.91 Å². The Kier molecular flexibility index (Phi) is 3.62. The second-order valence-corrected chi connectivity index (χ2v) is 5.60. The highest BCUT2D eigenvalue weighted by atomic mass is 16.5. The molecule has 2 aliphatic rings. The van der Waals surface area contributed by atoms with Crippen LogP contribution in [0.1, 0.15) is 44.2 Å². The van der Waals surface area contributed by atoms with Crippen LogP contribution in [0.15, 0.2) is 41.5 Å². The molecule has 0 unspecified atom stereocenters. The molecule has 1 aromatic carbocycles. The van der Waals surface area contributed by atoms with Gasteiger partial charge in [0.15, 0.2) is 6.23 Å². The molecule has 0 saturated carbocycles. The van der Waals surface area contributed by atoms with E-state index in [4.69, 9.17) is 4.74 Å². The van der Waals surface area contributed by atoms with Gasteiger partial charge in [0.1, 0.15) is 0 Å². The third kappa shape index (κ3) is 2.06. The molecule has 3 heteroatoms. The van der Waals surface area contributed by atoms with Crippen LogP contribution in [0.25, 0.3) is 0 Å². The summed E-state index contributed by atoms with van der Waals surface area (Å²) < 4.78 is 5.65. The molecule has 0 aromatic heterocycles. The smallest absolute Gasteiger partial charge is 0.252 e. The van der Waals surface area contributed by atoms with Crippen LogP contribution >= 0.6 is 0 Å². The topological polar surface area (TPSA) is 29.5 Å². The van der Waals surface area contributed by atoms with Crippen molar-refractivity contribution in [3.63, 3.8) is 0 Å². The molecule has 0 N–H and O–H groups in total. The van der Waals surface area contributed by atoms with E-state index in [1.807, 2.05) is 23.1 Å². The lowest BCUT2D eigenvalue weighted by Gasteiger charge is -2.31. The summed E-state index contributed by atoms with van der Waals surface area (Å²) >= 11 is 0. The van der Waals surface area contributed by atoms with Gasteiger partial charge in [-0.2, -0.15) is 0 Å². The summed E-state index contributed by atoms with van der Waals surface area (Å²) in [5, 5.41) is 0. The van der Waals surface area contributed by atoms with Gasteiger partial charge >= 0.3 is 0 Å². The van der Waals surface area contributed by atoms with E-state index in [0.29, 0.717) is 0 Å². The fourth-order valence-corrected chi connectivity index (χ4v) is 3.40. The Morgan fingerprint density at radius 3 is 2.60 bits per heavy atom. The number of methoxy groups -OCH3 is 1. The molecule has 0 saturated heterocycles. The van der Waals surface area contributed by atoms with E-state index < -0.39 is 0 Å². The van der Waals surface area contributed by atoms with Crippen LogP contribution in [0.4, 0.5) is 0 Å². The number of rotatable bonds is 3. The first-order chi connectivity index (χ1) is 9.74. The molecule has 0 spiro atoms. The molecule has 1 heterocycles. The van der Waals surface area contributed by atoms with Crippen LogP contribution in [0.2, 0.25) is 0 Å². The van der Waals surface area contributed by atoms with E-state index >= 15 is 0 Å². The molecule has 0 bridgehead atoms. The van der Waals surface area contributed by atoms with Crippen LogP contribution in [-0.2, 0) is 9.53 Å². The van der Waals surface area contributed by atoms with Gasteiger partial charge in [0.2, 0.25) is 0 Å². The maximum atomic E-state index is 12.7. The summed E-state index contributed by atoms with van der Waals surface area (Å²) in [6.45, 7) is 2.08. The molecule has 3 nitrogen and oxygen atoms in total. The zero-order chi connectivity index (χ0) is 14.1. The molecule has 1 aliphatic heterocycles. The van der Waals surface area contributed by atoms with Gasteiger partial charge in [-0.25, -0.2) is 0 Å². The summed E-state index contributed by atoms with van der Waals surface area (Å²) in [7, 11) is 1.70. The lowest BCUT2D eigenvalue weighted by Crippen LogP contribution is -2.38. The zero-order valence-electron chi connectivity index (χ0n) is 12.1. The molecule has 2 atom stereocenters. The number of amides is 1. The Labute approximate surface area is 120 Å². The number of hydrogen-bond donors (Lipinski definition) is 0. The minimum absolute atomic E-state index is 0.0410. The monoisotopic (exact) mass is 271 g/mol. The van der Waals surface area contributed by atoms with Crippen molar-refractivity contribution in [3.8, 4) is 0 Å². The quantitative estimate of drug-likeness (QED) is 0.843. The number of benzene rings is 1. The summed E-state index contributed by atoms with van der Waals surface area (Å²) in [5.74, 6) is 0.169. The summed E-state index contributed by atoms with van der Waals surface area (Å²) in [4.78, 5) is 14.6. The first-order valence-corrected chi connectivity index (χ1v) is 7.36. The Morgan fingerprint density at radius 2 is 1.90 bits per heavy atom. The predicted octanol–water partition coefficient (Wildman–Crippen LogP) is 3.43. The Morgan fingerprint density at radius 1 is 1.20 bits per heavy atom. The van der Waals surface area contributed by atoms with Crippen LogP contribution < -0.4 is 0 Å². The van der Waals surface area contributed by atoms with Crippen molar-refractivity contribution in [3.05, 3.63) is 47.0 Å². The molecule has 1 amide bonds. The highest BCUT2D eigenvalue weighted by Crippen LogP contribution is 2.40. The van der Waals surface area contributed by atoms with Gasteiger partial charge in [0.25, 0.3) is 5.91 Å². The molecule has 1 aromatic rings. The van der Waals surface area contributed by atoms with Crippen LogP contribution in [0, 0.1) is 0 Å². The van der Waals surface area contributed by atoms with E-state index in [1.165, 1.54) is 12.0 Å². The van der Waals surface area contributed by atoms with Crippen LogP contribution in [-0.4, -0.2) is 24.1 Å². The maximum absolute atomic E-state index is 12.7. The summed E-state index contributed by atoms with van der Waals surface area (Å²) in [5.41, 5.74) is 3.38. The second-order valence-electron chi connectivity index (χ2n) is 5.60. The Bertz CT molecular complexity index is 535. The predicted molar refractivity (Wildman–Crippen MR) is 78.0 cm³/mol. The molecular weight excluding hydrogens is 250 g/mol. The van der Waals surface area contributed by atoms with Gasteiger partial charge in [-0.3, -0.25) is 4.79 Å². The fourth-order valence-electron chi connectivity index (χ4n) is 3.40. The van der Waals surface area contributed by atoms with E-state index in [2.05, 4.69) is 19.1 Å². The normalized spacial score (nSPS) is 24.0. The first kappa shape index (κ1) is 13.4. The average Bonchev–Trinajstić information content (AvgIpc) is 2.80. The van der Waals surface area contributed by atoms with Crippen molar-refractivity contribution in [1.29, 1.82) is 0 Å². The van der Waals surface area contributed by atoms with E-state index in [1.54, 1.807) is 7.11 Å². The Hall–Kier alpha value is -1.61. The molecule has 106 valence electrons. The highest BCUT2D eigenvalue weighted by Gasteiger charge is 2.42. The largest absolute Gasteiger partial charge is 0.357 e. The van der Waals surface area contributed by atoms with Crippen LogP contribution in [0.3, 0.4) is 0 Å². The molecule has 0 fully saturated rings. The zero-order valence-corrected chi connectivity index (χ0v) is 12.1. The summed E-state index contributed by atoms with van der Waals surface area (Å²) in [6, 6.07) is 10.2. The van der Waals surface area contributed by atoms with Crippen LogP contribution in [0.5, 0.6) is 0 Å². The molecular formula is C17H21NO2. The number of carbonyl (C=O) groups excluding carboxylic acids is 1. The van der Waals surface area contributed by atoms with E-state index in [9.17, 15) is 4.79 Å². The van der Waals surface area contributed by atoms with Gasteiger partial charge in [0, 0.05) is 12.7 Å². The third-order valence-corrected chi connectivity index (χ3v) is 4.48. The molecule has 3 rings (SSSR count). The van der Waals surface area contributed by atoms with Gasteiger partial charge < -0.3 is 9.64 Å². The summed E-state index contributed by atoms with van der Waals surface area (Å²) in [6.07, 6.45) is 4.02. The van der Waals surface area contributed by atoms with Gasteiger partial charge in [-0.15, -0.1) is 0 Å². The molecule has 0 radical (unpaired) electrons. The average molecular weight is 271 g/mol. The number of carbonyl (C=O) groups is 1. The molecule has 1 aliphatic carbocycles. The van der Waals surface area contributed by atoms with E-state index in [-0.39, 0.29) is 18.2 Å². The van der Waals surface area contributed by atoms with Gasteiger partial charge in [0.05, 0.1) is 6.04 Å². The van der Waals surface area contributed by atoms with Gasteiger partial charge in [-0.05, 0) is 43.7 Å². The lowest BCUT2D eigenvalue weighted by atomic mass is 9.93.